The number of fused-ring (bicyclic) bond motifs is 1. The molecule has 9 heteroatoms. The zero-order chi connectivity index (χ0) is 19.0. The molecule has 140 valence electrons. The molecule has 0 aliphatic heterocycles. The SMILES string of the molecule is COc1ccnc(C[S+]([O-])c2nc3cc(-n4cccc4)c(F)cc3[nH]2)c1C.[NaH]. The second-order valence-electron chi connectivity index (χ2n) is 6.03. The molecule has 1 N–H and O–H groups in total. The second kappa shape index (κ2) is 8.67. The molecule has 0 aliphatic carbocycles. The number of H-pyrrole nitrogens is 1. The predicted molar refractivity (Wildman–Crippen MR) is 108 cm³/mol. The van der Waals surface area contributed by atoms with Crippen LogP contribution in [-0.4, -0.2) is 60.7 Å². The van der Waals surface area contributed by atoms with Gasteiger partial charge in [-0.15, -0.1) is 0 Å². The van der Waals surface area contributed by atoms with E-state index in [1.54, 1.807) is 42.4 Å². The van der Waals surface area contributed by atoms with Crippen molar-refractivity contribution in [1.29, 1.82) is 0 Å². The van der Waals surface area contributed by atoms with Gasteiger partial charge in [-0.1, -0.05) is 0 Å². The van der Waals surface area contributed by atoms with Crippen LogP contribution in [0.1, 0.15) is 11.3 Å². The van der Waals surface area contributed by atoms with Crippen molar-refractivity contribution in [2.75, 3.05) is 7.11 Å². The van der Waals surface area contributed by atoms with Crippen LogP contribution >= 0.6 is 0 Å². The van der Waals surface area contributed by atoms with E-state index in [0.29, 0.717) is 28.2 Å². The summed E-state index contributed by atoms with van der Waals surface area (Å²) >= 11 is -1.45. The Morgan fingerprint density at radius 1 is 1.29 bits per heavy atom. The van der Waals surface area contributed by atoms with Crippen LogP contribution in [0.15, 0.2) is 54.1 Å². The van der Waals surface area contributed by atoms with Gasteiger partial charge < -0.3 is 13.9 Å². The zero-order valence-electron chi connectivity index (χ0n) is 14.8. The van der Waals surface area contributed by atoms with E-state index < -0.39 is 11.2 Å². The molecule has 1 aromatic carbocycles. The van der Waals surface area contributed by atoms with Crippen LogP contribution in [0.4, 0.5) is 4.39 Å². The van der Waals surface area contributed by atoms with E-state index in [1.807, 2.05) is 19.1 Å². The van der Waals surface area contributed by atoms with Crippen LogP contribution in [0.25, 0.3) is 16.7 Å². The maximum atomic E-state index is 14.4. The number of nitrogens with one attached hydrogen (secondary N) is 1. The quantitative estimate of drug-likeness (QED) is 0.407. The number of benzene rings is 1. The molecule has 4 rings (SSSR count). The van der Waals surface area contributed by atoms with Crippen LogP contribution in [0, 0.1) is 12.7 Å². The number of rotatable bonds is 5. The van der Waals surface area contributed by atoms with Gasteiger partial charge in [-0.05, 0) is 31.2 Å². The van der Waals surface area contributed by atoms with Gasteiger partial charge in [0.25, 0.3) is 0 Å². The molecule has 3 heterocycles. The maximum absolute atomic E-state index is 14.4. The molecule has 0 saturated carbocycles. The van der Waals surface area contributed by atoms with Crippen LogP contribution in [-0.2, 0) is 16.9 Å². The van der Waals surface area contributed by atoms with E-state index in [2.05, 4.69) is 15.0 Å². The normalized spacial score (nSPS) is 12.0. The number of aromatic amines is 1. The molecular weight excluding hydrogens is 390 g/mol. The summed E-state index contributed by atoms with van der Waals surface area (Å²) in [7, 11) is 1.58. The third-order valence-corrected chi connectivity index (χ3v) is 5.53. The molecular formula is C19H18FN4NaO2S. The number of aromatic nitrogens is 4. The summed E-state index contributed by atoms with van der Waals surface area (Å²) in [5.41, 5.74) is 2.96. The second-order valence-corrected chi connectivity index (χ2v) is 7.39. The van der Waals surface area contributed by atoms with Crippen LogP contribution < -0.4 is 4.74 Å². The Hall–Kier alpha value is -1.84. The summed E-state index contributed by atoms with van der Waals surface area (Å²) in [6.45, 7) is 1.87. The van der Waals surface area contributed by atoms with Crippen molar-refractivity contribution in [3.63, 3.8) is 0 Å². The van der Waals surface area contributed by atoms with Crippen molar-refractivity contribution < 1.29 is 13.7 Å². The minimum absolute atomic E-state index is 0. The Labute approximate surface area is 186 Å². The first-order valence-electron chi connectivity index (χ1n) is 8.26. The molecule has 0 amide bonds. The van der Waals surface area contributed by atoms with Gasteiger partial charge in [0.05, 0.1) is 29.5 Å². The third kappa shape index (κ3) is 3.97. The Balaban J connectivity index is 0.00000225. The van der Waals surface area contributed by atoms with Crippen LogP contribution in [0.5, 0.6) is 5.75 Å². The Bertz CT molecular complexity index is 1100. The van der Waals surface area contributed by atoms with Gasteiger partial charge in [0.1, 0.15) is 11.6 Å². The van der Waals surface area contributed by atoms with E-state index in [1.165, 1.54) is 6.07 Å². The molecule has 0 fully saturated rings. The van der Waals surface area contributed by atoms with E-state index in [0.717, 1.165) is 5.56 Å². The Morgan fingerprint density at radius 2 is 2.04 bits per heavy atom. The molecule has 0 radical (unpaired) electrons. The topological polar surface area (TPSA) is 78.8 Å². The van der Waals surface area contributed by atoms with Gasteiger partial charge in [-0.2, -0.15) is 4.98 Å². The van der Waals surface area contributed by atoms with Crippen molar-refractivity contribution in [3.8, 4) is 11.4 Å². The molecule has 1 unspecified atom stereocenters. The number of halogens is 1. The fourth-order valence-electron chi connectivity index (χ4n) is 2.91. The first-order chi connectivity index (χ1) is 13.1. The van der Waals surface area contributed by atoms with Crippen LogP contribution in [0.3, 0.4) is 0 Å². The summed E-state index contributed by atoms with van der Waals surface area (Å²) in [6.07, 6.45) is 5.14. The summed E-state index contributed by atoms with van der Waals surface area (Å²) in [4.78, 5) is 11.6. The summed E-state index contributed by atoms with van der Waals surface area (Å²) in [5, 5.41) is 0.290. The van der Waals surface area contributed by atoms with Gasteiger partial charge >= 0.3 is 34.7 Å². The number of nitrogens with zero attached hydrogens (tertiary/aromatic N) is 3. The molecule has 6 nitrogen and oxygen atoms in total. The van der Waals surface area contributed by atoms with Gasteiger partial charge in [-0.25, -0.2) is 4.39 Å². The molecule has 0 saturated heterocycles. The first-order valence-corrected chi connectivity index (χ1v) is 9.58. The fourth-order valence-corrected chi connectivity index (χ4v) is 4.02. The zero-order valence-corrected chi connectivity index (χ0v) is 15.6. The number of imidazole rings is 1. The van der Waals surface area contributed by atoms with E-state index in [9.17, 15) is 8.94 Å². The molecule has 28 heavy (non-hydrogen) atoms. The fraction of sp³-hybridized carbons (Fsp3) is 0.158. The molecule has 0 spiro atoms. The monoisotopic (exact) mass is 408 g/mol. The van der Waals surface area contributed by atoms with Crippen molar-refractivity contribution in [3.05, 3.63) is 66.0 Å². The number of hydrogen-bond donors (Lipinski definition) is 1. The van der Waals surface area contributed by atoms with Gasteiger partial charge in [0, 0.05) is 41.4 Å². The molecule has 0 bridgehead atoms. The predicted octanol–water partition coefficient (Wildman–Crippen LogP) is 2.86. The summed E-state index contributed by atoms with van der Waals surface area (Å²) < 4.78 is 34.1. The van der Waals surface area contributed by atoms with Crippen LogP contribution in [0.2, 0.25) is 0 Å². The summed E-state index contributed by atoms with van der Waals surface area (Å²) in [6, 6.07) is 8.40. The average molecular weight is 408 g/mol. The van der Waals surface area contributed by atoms with E-state index in [4.69, 9.17) is 4.74 Å². The molecule has 4 aromatic rings. The standard InChI is InChI=1S/C19H17FN4O2S.Na.H/c1-12-16(21-6-5-18(12)26-2)11-27(25)19-22-14-9-13(20)17(10-15(14)23-19)24-7-3-4-8-24;;/h3-10H,11H2,1-2H3,(H,22,23);;. The number of methoxy groups -OCH3 is 1. The van der Waals surface area contributed by atoms with Crippen molar-refractivity contribution >= 4 is 51.8 Å². The van der Waals surface area contributed by atoms with Crippen molar-refractivity contribution in [2.45, 2.75) is 17.8 Å². The number of hydrogen-bond acceptors (Lipinski definition) is 4. The van der Waals surface area contributed by atoms with Gasteiger partial charge in [0.2, 0.25) is 0 Å². The van der Waals surface area contributed by atoms with Gasteiger partial charge in [-0.3, -0.25) is 9.97 Å². The number of pyridine rings is 1. The molecule has 1 atom stereocenters. The first kappa shape index (κ1) is 20.9. The van der Waals surface area contributed by atoms with E-state index in [-0.39, 0.29) is 46.3 Å². The Morgan fingerprint density at radius 3 is 2.75 bits per heavy atom. The molecule has 3 aromatic heterocycles. The third-order valence-electron chi connectivity index (χ3n) is 4.37. The Kier molecular flexibility index (Phi) is 6.47. The van der Waals surface area contributed by atoms with Crippen molar-refractivity contribution in [2.24, 2.45) is 0 Å². The summed E-state index contributed by atoms with van der Waals surface area (Å²) in [5.74, 6) is 0.500. The van der Waals surface area contributed by atoms with Crippen molar-refractivity contribution in [1.82, 2.24) is 19.5 Å². The molecule has 0 aliphatic rings. The minimum atomic E-state index is -1.45. The average Bonchev–Trinajstić information content (AvgIpc) is 3.32. The number of ether oxygens (including phenoxy) is 1. The van der Waals surface area contributed by atoms with E-state index >= 15 is 0 Å². The van der Waals surface area contributed by atoms with Gasteiger partial charge in [0.15, 0.2) is 5.75 Å².